The van der Waals surface area contributed by atoms with Crippen molar-refractivity contribution in [3.05, 3.63) is 42.0 Å². The topological polar surface area (TPSA) is 69.3 Å². The number of amides is 1. The van der Waals surface area contributed by atoms with Crippen molar-refractivity contribution in [3.8, 4) is 17.2 Å². The lowest BCUT2D eigenvalue weighted by molar-refractivity contribution is -0.274. The molecule has 33 heavy (non-hydrogen) atoms. The molecular weight excluding hydrogens is 441 g/mol. The van der Waals surface area contributed by atoms with E-state index in [1.807, 2.05) is 19.9 Å². The molecular formula is C23H27F3N2O5. The molecule has 0 saturated carbocycles. The number of halogens is 3. The van der Waals surface area contributed by atoms with E-state index in [9.17, 15) is 18.0 Å². The number of benzene rings is 2. The standard InChI is InChI=1S/C23H27F3N2O5/c1-3-31-20-15-19(28-9-11-30-12-10-28)21(32-4-2)14-18(20)27-22(29)13-16-5-7-17(8-6-16)33-23(24,25)26/h5-8,14-15H,3-4,9-13H2,1-2H3,(H,27,29). The highest BCUT2D eigenvalue weighted by Gasteiger charge is 2.31. The molecule has 3 rings (SSSR count). The third-order valence-corrected chi connectivity index (χ3v) is 4.81. The van der Waals surface area contributed by atoms with Gasteiger partial charge in [-0.05, 0) is 31.5 Å². The van der Waals surface area contributed by atoms with Gasteiger partial charge in [0, 0.05) is 25.2 Å². The van der Waals surface area contributed by atoms with Crippen LogP contribution in [-0.4, -0.2) is 51.8 Å². The van der Waals surface area contributed by atoms with Gasteiger partial charge in [-0.1, -0.05) is 12.1 Å². The number of carbonyl (C=O) groups excluding carboxylic acids is 1. The average molecular weight is 468 g/mol. The largest absolute Gasteiger partial charge is 0.573 e. The van der Waals surface area contributed by atoms with E-state index < -0.39 is 6.36 Å². The number of carbonyl (C=O) groups is 1. The Morgan fingerprint density at radius 1 is 1.03 bits per heavy atom. The van der Waals surface area contributed by atoms with Crippen LogP contribution in [0.3, 0.4) is 0 Å². The first-order chi connectivity index (χ1) is 15.8. The van der Waals surface area contributed by atoms with Crippen molar-refractivity contribution >= 4 is 17.3 Å². The van der Waals surface area contributed by atoms with Gasteiger partial charge in [-0.2, -0.15) is 0 Å². The Balaban J connectivity index is 1.76. The second-order valence-electron chi connectivity index (χ2n) is 7.20. The lowest BCUT2D eigenvalue weighted by atomic mass is 10.1. The summed E-state index contributed by atoms with van der Waals surface area (Å²) in [6, 6.07) is 8.75. The molecule has 0 spiro atoms. The van der Waals surface area contributed by atoms with Crippen molar-refractivity contribution in [1.82, 2.24) is 0 Å². The van der Waals surface area contributed by atoms with Gasteiger partial charge in [0.2, 0.25) is 5.91 Å². The lowest BCUT2D eigenvalue weighted by Gasteiger charge is -2.31. The van der Waals surface area contributed by atoms with Gasteiger partial charge >= 0.3 is 6.36 Å². The molecule has 10 heteroatoms. The quantitative estimate of drug-likeness (QED) is 0.589. The molecule has 0 atom stereocenters. The predicted molar refractivity (Wildman–Crippen MR) is 117 cm³/mol. The molecule has 1 fully saturated rings. The van der Waals surface area contributed by atoms with E-state index in [2.05, 4.69) is 15.0 Å². The van der Waals surface area contributed by atoms with Crippen LogP contribution in [0, 0.1) is 0 Å². The molecule has 2 aromatic carbocycles. The number of nitrogens with zero attached hydrogens (tertiary/aromatic N) is 1. The zero-order chi connectivity index (χ0) is 23.8. The summed E-state index contributed by atoms with van der Waals surface area (Å²) in [7, 11) is 0. The predicted octanol–water partition coefficient (Wildman–Crippen LogP) is 4.40. The van der Waals surface area contributed by atoms with Gasteiger partial charge < -0.3 is 29.2 Å². The first-order valence-electron chi connectivity index (χ1n) is 10.7. The van der Waals surface area contributed by atoms with E-state index in [0.29, 0.717) is 62.3 Å². The second-order valence-corrected chi connectivity index (χ2v) is 7.20. The maximum atomic E-state index is 12.7. The zero-order valence-electron chi connectivity index (χ0n) is 18.5. The van der Waals surface area contributed by atoms with E-state index in [1.54, 1.807) is 6.07 Å². The molecule has 7 nitrogen and oxygen atoms in total. The molecule has 2 aromatic rings. The van der Waals surface area contributed by atoms with Gasteiger partial charge in [0.1, 0.15) is 17.2 Å². The molecule has 180 valence electrons. The summed E-state index contributed by atoms with van der Waals surface area (Å²) in [5.74, 6) is 0.434. The van der Waals surface area contributed by atoms with Crippen LogP contribution >= 0.6 is 0 Å². The van der Waals surface area contributed by atoms with Gasteiger partial charge in [-0.3, -0.25) is 4.79 Å². The minimum Gasteiger partial charge on any atom is -0.492 e. The van der Waals surface area contributed by atoms with Crippen LogP contribution in [0.5, 0.6) is 17.2 Å². The summed E-state index contributed by atoms with van der Waals surface area (Å²) in [5, 5.41) is 2.83. The molecule has 0 radical (unpaired) electrons. The highest BCUT2D eigenvalue weighted by atomic mass is 19.4. The van der Waals surface area contributed by atoms with Crippen molar-refractivity contribution in [3.63, 3.8) is 0 Å². The highest BCUT2D eigenvalue weighted by Crippen LogP contribution is 2.39. The molecule has 0 aliphatic carbocycles. The zero-order valence-corrected chi connectivity index (χ0v) is 18.5. The van der Waals surface area contributed by atoms with Gasteiger partial charge in [0.25, 0.3) is 0 Å². The van der Waals surface area contributed by atoms with Crippen LogP contribution in [0.25, 0.3) is 0 Å². The Morgan fingerprint density at radius 2 is 1.67 bits per heavy atom. The van der Waals surface area contributed by atoms with Gasteiger partial charge in [0.15, 0.2) is 0 Å². The van der Waals surface area contributed by atoms with Crippen molar-refractivity contribution in [2.45, 2.75) is 26.6 Å². The Labute approximate surface area is 190 Å². The van der Waals surface area contributed by atoms with E-state index in [-0.39, 0.29) is 18.1 Å². The van der Waals surface area contributed by atoms with Gasteiger partial charge in [-0.25, -0.2) is 0 Å². The first-order valence-corrected chi connectivity index (χ1v) is 10.7. The van der Waals surface area contributed by atoms with Gasteiger partial charge in [-0.15, -0.1) is 13.2 Å². The van der Waals surface area contributed by atoms with Crippen molar-refractivity contribution in [2.24, 2.45) is 0 Å². The SMILES string of the molecule is CCOc1cc(N2CCOCC2)c(OCC)cc1NC(=O)Cc1ccc(OC(F)(F)F)cc1. The molecule has 0 unspecified atom stereocenters. The van der Waals surface area contributed by atoms with E-state index >= 15 is 0 Å². The summed E-state index contributed by atoms with van der Waals surface area (Å²) >= 11 is 0. The maximum absolute atomic E-state index is 12.7. The molecule has 1 saturated heterocycles. The van der Waals surface area contributed by atoms with E-state index in [4.69, 9.17) is 14.2 Å². The number of anilines is 2. The average Bonchev–Trinajstić information content (AvgIpc) is 2.76. The summed E-state index contributed by atoms with van der Waals surface area (Å²) < 4.78 is 57.8. The Kier molecular flexibility index (Phi) is 8.26. The number of hydrogen-bond donors (Lipinski definition) is 1. The minimum atomic E-state index is -4.76. The summed E-state index contributed by atoms with van der Waals surface area (Å²) in [6.07, 6.45) is -4.80. The van der Waals surface area contributed by atoms with Crippen LogP contribution in [0.2, 0.25) is 0 Å². The molecule has 1 amide bonds. The minimum absolute atomic E-state index is 0.0347. The molecule has 1 aliphatic rings. The number of alkyl halides is 3. The summed E-state index contributed by atoms with van der Waals surface area (Å²) in [5.41, 5.74) is 1.86. The number of rotatable bonds is 9. The van der Waals surface area contributed by atoms with Gasteiger partial charge in [0.05, 0.1) is 44.2 Å². The van der Waals surface area contributed by atoms with Crippen LogP contribution in [0.15, 0.2) is 36.4 Å². The third-order valence-electron chi connectivity index (χ3n) is 4.81. The van der Waals surface area contributed by atoms with E-state index in [0.717, 1.165) is 5.69 Å². The fourth-order valence-electron chi connectivity index (χ4n) is 3.43. The fraction of sp³-hybridized carbons (Fsp3) is 0.435. The van der Waals surface area contributed by atoms with Crippen molar-refractivity contribution in [2.75, 3.05) is 49.7 Å². The highest BCUT2D eigenvalue weighted by molar-refractivity contribution is 5.94. The summed E-state index contributed by atoms with van der Waals surface area (Å²) in [4.78, 5) is 14.8. The number of morpholine rings is 1. The second kappa shape index (κ2) is 11.1. The molecule has 1 N–H and O–H groups in total. The number of hydrogen-bond acceptors (Lipinski definition) is 6. The smallest absolute Gasteiger partial charge is 0.492 e. The monoisotopic (exact) mass is 468 g/mol. The summed E-state index contributed by atoms with van der Waals surface area (Å²) in [6.45, 7) is 7.23. The molecule has 1 heterocycles. The number of ether oxygens (including phenoxy) is 4. The van der Waals surface area contributed by atoms with Crippen LogP contribution in [0.4, 0.5) is 24.5 Å². The molecule has 1 aliphatic heterocycles. The third kappa shape index (κ3) is 7.18. The molecule has 0 bridgehead atoms. The first kappa shape index (κ1) is 24.5. The fourth-order valence-corrected chi connectivity index (χ4v) is 3.43. The Hall–Kier alpha value is -3.14. The van der Waals surface area contributed by atoms with Crippen LogP contribution < -0.4 is 24.4 Å². The normalized spacial score (nSPS) is 14.0. The van der Waals surface area contributed by atoms with Crippen LogP contribution in [0.1, 0.15) is 19.4 Å². The molecule has 0 aromatic heterocycles. The van der Waals surface area contributed by atoms with Crippen LogP contribution in [-0.2, 0) is 16.0 Å². The van der Waals surface area contributed by atoms with Crippen molar-refractivity contribution < 1.29 is 36.9 Å². The van der Waals surface area contributed by atoms with E-state index in [1.165, 1.54) is 24.3 Å². The lowest BCUT2D eigenvalue weighted by Crippen LogP contribution is -2.36. The number of nitrogens with one attached hydrogen (secondary N) is 1. The maximum Gasteiger partial charge on any atom is 0.573 e. The Bertz CT molecular complexity index is 929. The Morgan fingerprint density at radius 3 is 2.27 bits per heavy atom. The van der Waals surface area contributed by atoms with Crippen molar-refractivity contribution in [1.29, 1.82) is 0 Å².